The molecule has 0 spiro atoms. The van der Waals surface area contributed by atoms with E-state index in [9.17, 15) is 0 Å². The molecule has 0 aliphatic carbocycles. The molecule has 0 fully saturated rings. The molecule has 2 heterocycles. The lowest BCUT2D eigenvalue weighted by Gasteiger charge is -2.10. The average molecular weight is 408 g/mol. The molecule has 0 saturated heterocycles. The first-order chi connectivity index (χ1) is 14.2. The quantitative estimate of drug-likeness (QED) is 0.469. The topological polar surface area (TPSA) is 86.0 Å². The molecule has 0 unspecified atom stereocenters. The standard InChI is InChI=1S/C21H18ClN5O2/c1-14(20-26-21(29-27-20)16-4-6-17(22)7-5-16)25-12-15-2-8-18(9-3-15)28-19-13-23-10-11-24-19/h2-11,13-14,25H,12H2,1H3/t14-/m1/s1. The summed E-state index contributed by atoms with van der Waals surface area (Å²) in [6, 6.07) is 15.0. The number of halogens is 1. The maximum absolute atomic E-state index is 5.91. The van der Waals surface area contributed by atoms with E-state index in [-0.39, 0.29) is 6.04 Å². The lowest BCUT2D eigenvalue weighted by molar-refractivity contribution is 0.409. The highest BCUT2D eigenvalue weighted by molar-refractivity contribution is 6.30. The molecule has 4 aromatic rings. The second-order valence-electron chi connectivity index (χ2n) is 6.36. The van der Waals surface area contributed by atoms with Crippen molar-refractivity contribution in [1.82, 2.24) is 25.4 Å². The molecule has 146 valence electrons. The zero-order valence-corrected chi connectivity index (χ0v) is 16.4. The van der Waals surface area contributed by atoms with Crippen LogP contribution in [0.1, 0.15) is 24.4 Å². The fourth-order valence-electron chi connectivity index (χ4n) is 2.62. The molecule has 1 N–H and O–H groups in total. The normalized spacial score (nSPS) is 11.9. The molecule has 4 rings (SSSR count). The average Bonchev–Trinajstić information content (AvgIpc) is 3.25. The van der Waals surface area contributed by atoms with Crippen LogP contribution in [0.5, 0.6) is 11.6 Å². The van der Waals surface area contributed by atoms with Crippen LogP contribution in [0, 0.1) is 0 Å². The predicted molar refractivity (Wildman–Crippen MR) is 109 cm³/mol. The number of nitrogens with zero attached hydrogens (tertiary/aromatic N) is 4. The Morgan fingerprint density at radius 1 is 1.07 bits per heavy atom. The van der Waals surface area contributed by atoms with E-state index in [1.54, 1.807) is 30.7 Å². The van der Waals surface area contributed by atoms with E-state index in [0.29, 0.717) is 34.9 Å². The molecule has 7 nitrogen and oxygen atoms in total. The lowest BCUT2D eigenvalue weighted by atomic mass is 10.2. The van der Waals surface area contributed by atoms with Crippen LogP contribution in [0.2, 0.25) is 5.02 Å². The van der Waals surface area contributed by atoms with Crippen LogP contribution in [0.15, 0.2) is 71.6 Å². The zero-order valence-electron chi connectivity index (χ0n) is 15.6. The van der Waals surface area contributed by atoms with Crippen molar-refractivity contribution in [1.29, 1.82) is 0 Å². The summed E-state index contributed by atoms with van der Waals surface area (Å²) >= 11 is 5.91. The number of nitrogens with one attached hydrogen (secondary N) is 1. The third-order valence-electron chi connectivity index (χ3n) is 4.22. The number of hydrogen-bond acceptors (Lipinski definition) is 7. The monoisotopic (exact) mass is 407 g/mol. The summed E-state index contributed by atoms with van der Waals surface area (Å²) in [6.45, 7) is 2.64. The second-order valence-corrected chi connectivity index (χ2v) is 6.79. The van der Waals surface area contributed by atoms with Crippen molar-refractivity contribution in [3.05, 3.63) is 83.5 Å². The summed E-state index contributed by atoms with van der Waals surface area (Å²) in [4.78, 5) is 12.5. The van der Waals surface area contributed by atoms with Gasteiger partial charge in [0.15, 0.2) is 5.82 Å². The van der Waals surface area contributed by atoms with Gasteiger partial charge in [0.2, 0.25) is 5.88 Å². The van der Waals surface area contributed by atoms with Crippen molar-refractivity contribution in [3.63, 3.8) is 0 Å². The van der Waals surface area contributed by atoms with E-state index < -0.39 is 0 Å². The predicted octanol–water partition coefficient (Wildman–Crippen LogP) is 4.82. The van der Waals surface area contributed by atoms with Crippen molar-refractivity contribution in [3.8, 4) is 23.1 Å². The van der Waals surface area contributed by atoms with E-state index in [0.717, 1.165) is 11.1 Å². The molecular weight excluding hydrogens is 390 g/mol. The fourth-order valence-corrected chi connectivity index (χ4v) is 2.74. The van der Waals surface area contributed by atoms with Crippen molar-refractivity contribution < 1.29 is 9.26 Å². The van der Waals surface area contributed by atoms with E-state index >= 15 is 0 Å². The van der Waals surface area contributed by atoms with Gasteiger partial charge in [-0.2, -0.15) is 4.98 Å². The van der Waals surface area contributed by atoms with Gasteiger partial charge in [-0.05, 0) is 48.9 Å². The van der Waals surface area contributed by atoms with Gasteiger partial charge < -0.3 is 14.6 Å². The van der Waals surface area contributed by atoms with Gasteiger partial charge in [-0.3, -0.25) is 4.98 Å². The van der Waals surface area contributed by atoms with Crippen LogP contribution >= 0.6 is 11.6 Å². The van der Waals surface area contributed by atoms with Crippen LogP contribution < -0.4 is 10.1 Å². The van der Waals surface area contributed by atoms with Gasteiger partial charge in [-0.15, -0.1) is 0 Å². The lowest BCUT2D eigenvalue weighted by Crippen LogP contribution is -2.19. The highest BCUT2D eigenvalue weighted by Crippen LogP contribution is 2.22. The van der Waals surface area contributed by atoms with Crippen LogP contribution in [0.3, 0.4) is 0 Å². The van der Waals surface area contributed by atoms with Crippen molar-refractivity contribution in [2.24, 2.45) is 0 Å². The fraction of sp³-hybridized carbons (Fsp3) is 0.143. The molecule has 0 bridgehead atoms. The van der Waals surface area contributed by atoms with Gasteiger partial charge in [0, 0.05) is 29.5 Å². The van der Waals surface area contributed by atoms with Gasteiger partial charge in [0.05, 0.1) is 12.2 Å². The molecule has 0 aliphatic rings. The molecule has 2 aromatic carbocycles. The molecule has 1 atom stereocenters. The second kappa shape index (κ2) is 8.81. The van der Waals surface area contributed by atoms with Crippen LogP contribution in [0.4, 0.5) is 0 Å². The highest BCUT2D eigenvalue weighted by atomic mass is 35.5. The van der Waals surface area contributed by atoms with E-state index in [4.69, 9.17) is 20.9 Å². The molecule has 0 radical (unpaired) electrons. The maximum Gasteiger partial charge on any atom is 0.257 e. The van der Waals surface area contributed by atoms with Gasteiger partial charge >= 0.3 is 0 Å². The molecule has 8 heteroatoms. The van der Waals surface area contributed by atoms with Crippen LogP contribution in [-0.2, 0) is 6.54 Å². The third kappa shape index (κ3) is 4.96. The molecule has 2 aromatic heterocycles. The van der Waals surface area contributed by atoms with E-state index in [1.807, 2.05) is 43.3 Å². The molecular formula is C21H18ClN5O2. The maximum atomic E-state index is 5.91. The van der Waals surface area contributed by atoms with Crippen molar-refractivity contribution in [2.75, 3.05) is 0 Å². The Labute approximate surface area is 172 Å². The van der Waals surface area contributed by atoms with Gasteiger partial charge in [0.1, 0.15) is 5.75 Å². The minimum absolute atomic E-state index is 0.0738. The van der Waals surface area contributed by atoms with Gasteiger partial charge in [-0.25, -0.2) is 4.98 Å². The van der Waals surface area contributed by atoms with Gasteiger partial charge in [0.25, 0.3) is 5.89 Å². The molecule has 29 heavy (non-hydrogen) atoms. The molecule has 0 saturated carbocycles. The highest BCUT2D eigenvalue weighted by Gasteiger charge is 2.14. The van der Waals surface area contributed by atoms with E-state index in [1.165, 1.54) is 0 Å². The smallest absolute Gasteiger partial charge is 0.257 e. The summed E-state index contributed by atoms with van der Waals surface area (Å²) in [5.41, 5.74) is 1.93. The molecule has 0 aliphatic heterocycles. The van der Waals surface area contributed by atoms with Gasteiger partial charge in [-0.1, -0.05) is 28.9 Å². The first-order valence-electron chi connectivity index (χ1n) is 9.03. The summed E-state index contributed by atoms with van der Waals surface area (Å²) in [7, 11) is 0. The summed E-state index contributed by atoms with van der Waals surface area (Å²) in [6.07, 6.45) is 4.76. The Balaban J connectivity index is 1.33. The number of aromatic nitrogens is 4. The number of hydrogen-bond donors (Lipinski definition) is 1. The Morgan fingerprint density at radius 3 is 2.59 bits per heavy atom. The Hall–Kier alpha value is -3.29. The van der Waals surface area contributed by atoms with E-state index in [2.05, 4.69) is 25.4 Å². The first-order valence-corrected chi connectivity index (χ1v) is 9.41. The van der Waals surface area contributed by atoms with Crippen molar-refractivity contribution >= 4 is 11.6 Å². The van der Waals surface area contributed by atoms with Crippen LogP contribution in [-0.4, -0.2) is 20.1 Å². The zero-order chi connectivity index (χ0) is 20.1. The molecule has 0 amide bonds. The number of benzene rings is 2. The summed E-state index contributed by atoms with van der Waals surface area (Å²) in [5, 5.41) is 8.13. The van der Waals surface area contributed by atoms with Crippen LogP contribution in [0.25, 0.3) is 11.5 Å². The Kier molecular flexibility index (Phi) is 5.79. The number of ether oxygens (including phenoxy) is 1. The third-order valence-corrected chi connectivity index (χ3v) is 4.47. The van der Waals surface area contributed by atoms with Crippen molar-refractivity contribution in [2.45, 2.75) is 19.5 Å². The minimum atomic E-state index is -0.0738. The summed E-state index contributed by atoms with van der Waals surface area (Å²) in [5.74, 6) is 2.22. The summed E-state index contributed by atoms with van der Waals surface area (Å²) < 4.78 is 11.0. The Bertz CT molecular complexity index is 1050. The SMILES string of the molecule is C[C@@H](NCc1ccc(Oc2cnccn2)cc1)c1noc(-c2ccc(Cl)cc2)n1. The minimum Gasteiger partial charge on any atom is -0.438 e. The largest absolute Gasteiger partial charge is 0.438 e. The number of rotatable bonds is 7. The first kappa shape index (κ1) is 19.0. The Morgan fingerprint density at radius 2 is 1.86 bits per heavy atom.